The zero-order valence-electron chi connectivity index (χ0n) is 7.51. The molecular weight excluding hydrogens is 193 g/mol. The first kappa shape index (κ1) is 10.8. The molecule has 0 fully saturated rings. The minimum atomic E-state index is -4.51. The molecule has 4 heteroatoms. The van der Waals surface area contributed by atoms with Crippen LogP contribution in [0.3, 0.4) is 0 Å². The summed E-state index contributed by atoms with van der Waals surface area (Å²) in [6, 6.07) is 7.18. The van der Waals surface area contributed by atoms with Crippen LogP contribution >= 0.6 is 0 Å². The zero-order valence-corrected chi connectivity index (χ0v) is 7.51. The van der Waals surface area contributed by atoms with Crippen LogP contribution in [0.25, 0.3) is 0 Å². The second-order valence-corrected chi connectivity index (χ2v) is 3.00. The van der Waals surface area contributed by atoms with Crippen LogP contribution in [0.4, 0.5) is 13.2 Å². The Balaban J connectivity index is 3.08. The maximum atomic E-state index is 12.4. The monoisotopic (exact) mass is 202 g/mol. The molecule has 1 unspecified atom stereocenters. The average molecular weight is 202 g/mol. The number of Topliss-reactive ketones (excluding diaryl/α,β-unsaturated/α-hetero) is 1. The number of carbonyl (C=O) groups is 1. The van der Waals surface area contributed by atoms with E-state index in [4.69, 9.17) is 0 Å². The first-order chi connectivity index (χ1) is 6.43. The number of rotatable bonds is 2. The second-order valence-electron chi connectivity index (χ2n) is 3.00. The minimum absolute atomic E-state index is 0.00694. The lowest BCUT2D eigenvalue weighted by Gasteiger charge is -2.17. The fraction of sp³-hybridized carbons (Fsp3) is 0.300. The van der Waals surface area contributed by atoms with Gasteiger partial charge in [0.1, 0.15) is 11.7 Å². The summed E-state index contributed by atoms with van der Waals surface area (Å²) < 4.78 is 37.3. The quantitative estimate of drug-likeness (QED) is 0.720. The number of hydrogen-bond donors (Lipinski definition) is 0. The van der Waals surface area contributed by atoms with Gasteiger partial charge in [0.2, 0.25) is 0 Å². The Kier molecular flexibility index (Phi) is 2.93. The van der Waals surface area contributed by atoms with Crippen LogP contribution in [-0.4, -0.2) is 12.0 Å². The van der Waals surface area contributed by atoms with E-state index in [9.17, 15) is 18.0 Å². The molecule has 0 saturated carbocycles. The first-order valence-corrected chi connectivity index (χ1v) is 4.05. The molecule has 0 heterocycles. The van der Waals surface area contributed by atoms with Crippen LogP contribution in [0.15, 0.2) is 30.3 Å². The highest BCUT2D eigenvalue weighted by Gasteiger charge is 2.43. The summed E-state index contributed by atoms with van der Waals surface area (Å²) in [6.07, 6.45) is -4.51. The van der Waals surface area contributed by atoms with Crippen LogP contribution in [0.5, 0.6) is 0 Å². The minimum Gasteiger partial charge on any atom is -0.299 e. The number of alkyl halides is 3. The molecule has 76 valence electrons. The summed E-state index contributed by atoms with van der Waals surface area (Å²) in [5.41, 5.74) is -0.00694. The molecule has 0 aliphatic rings. The molecule has 14 heavy (non-hydrogen) atoms. The Morgan fingerprint density at radius 2 is 1.71 bits per heavy atom. The van der Waals surface area contributed by atoms with Crippen molar-refractivity contribution in [2.75, 3.05) is 0 Å². The Hall–Kier alpha value is -1.32. The van der Waals surface area contributed by atoms with Gasteiger partial charge in [0.05, 0.1) is 0 Å². The Morgan fingerprint density at radius 1 is 1.21 bits per heavy atom. The number of ketones is 1. The van der Waals surface area contributed by atoms with Crippen LogP contribution < -0.4 is 0 Å². The first-order valence-electron chi connectivity index (χ1n) is 4.05. The standard InChI is InChI=1S/C10H9F3O/c1-7(14)9(10(11,12)13)8-5-3-2-4-6-8/h2-6,9H,1H3. The average Bonchev–Trinajstić information content (AvgIpc) is 2.02. The molecule has 1 nitrogen and oxygen atoms in total. The van der Waals surface area contributed by atoms with Crippen molar-refractivity contribution in [3.8, 4) is 0 Å². The zero-order chi connectivity index (χ0) is 10.8. The van der Waals surface area contributed by atoms with Crippen molar-refractivity contribution in [2.24, 2.45) is 0 Å². The Labute approximate surface area is 79.5 Å². The molecule has 0 spiro atoms. The highest BCUT2D eigenvalue weighted by Crippen LogP contribution is 2.35. The SMILES string of the molecule is CC(=O)C(c1ccccc1)C(F)(F)F. The van der Waals surface area contributed by atoms with Gasteiger partial charge in [-0.05, 0) is 12.5 Å². The van der Waals surface area contributed by atoms with Gasteiger partial charge in [0.15, 0.2) is 0 Å². The molecule has 0 saturated heterocycles. The molecule has 0 aliphatic heterocycles. The molecule has 0 N–H and O–H groups in total. The van der Waals surface area contributed by atoms with Crippen molar-refractivity contribution >= 4 is 5.78 Å². The van der Waals surface area contributed by atoms with Crippen LogP contribution in [-0.2, 0) is 4.79 Å². The lowest BCUT2D eigenvalue weighted by molar-refractivity contribution is -0.162. The third kappa shape index (κ3) is 2.34. The van der Waals surface area contributed by atoms with Crippen LogP contribution in [0, 0.1) is 0 Å². The van der Waals surface area contributed by atoms with Gasteiger partial charge < -0.3 is 0 Å². The molecule has 0 bridgehead atoms. The van der Waals surface area contributed by atoms with E-state index in [1.807, 2.05) is 0 Å². The van der Waals surface area contributed by atoms with E-state index in [2.05, 4.69) is 0 Å². The van der Waals surface area contributed by atoms with Crippen molar-refractivity contribution in [3.05, 3.63) is 35.9 Å². The Morgan fingerprint density at radius 3 is 2.07 bits per heavy atom. The van der Waals surface area contributed by atoms with E-state index in [1.165, 1.54) is 24.3 Å². The Bertz CT molecular complexity index is 316. The van der Waals surface area contributed by atoms with Gasteiger partial charge in [-0.2, -0.15) is 13.2 Å². The molecular formula is C10H9F3O. The molecule has 0 amide bonds. The van der Waals surface area contributed by atoms with E-state index in [1.54, 1.807) is 6.07 Å². The third-order valence-corrected chi connectivity index (χ3v) is 1.87. The normalized spacial score (nSPS) is 13.7. The number of halogens is 3. The smallest absolute Gasteiger partial charge is 0.299 e. The van der Waals surface area contributed by atoms with Gasteiger partial charge in [0.25, 0.3) is 0 Å². The number of hydrogen-bond acceptors (Lipinski definition) is 1. The molecule has 1 rings (SSSR count). The maximum absolute atomic E-state index is 12.4. The molecule has 0 aromatic heterocycles. The summed E-state index contributed by atoms with van der Waals surface area (Å²) in [5.74, 6) is -2.88. The van der Waals surface area contributed by atoms with E-state index in [0.717, 1.165) is 6.92 Å². The van der Waals surface area contributed by atoms with Crippen LogP contribution in [0.1, 0.15) is 18.4 Å². The lowest BCUT2D eigenvalue weighted by Crippen LogP contribution is -2.26. The van der Waals surface area contributed by atoms with Crippen molar-refractivity contribution in [3.63, 3.8) is 0 Å². The van der Waals surface area contributed by atoms with Crippen molar-refractivity contribution in [1.82, 2.24) is 0 Å². The molecule has 0 aliphatic carbocycles. The third-order valence-electron chi connectivity index (χ3n) is 1.87. The highest BCUT2D eigenvalue weighted by atomic mass is 19.4. The van der Waals surface area contributed by atoms with Gasteiger partial charge in [-0.25, -0.2) is 0 Å². The van der Waals surface area contributed by atoms with Gasteiger partial charge >= 0.3 is 6.18 Å². The summed E-state index contributed by atoms with van der Waals surface area (Å²) in [5, 5.41) is 0. The number of carbonyl (C=O) groups excluding carboxylic acids is 1. The summed E-state index contributed by atoms with van der Waals surface area (Å²) >= 11 is 0. The summed E-state index contributed by atoms with van der Waals surface area (Å²) in [6.45, 7) is 0.950. The topological polar surface area (TPSA) is 17.1 Å². The van der Waals surface area contributed by atoms with Gasteiger partial charge in [-0.1, -0.05) is 30.3 Å². The number of benzene rings is 1. The van der Waals surface area contributed by atoms with Gasteiger partial charge in [-0.3, -0.25) is 4.79 Å². The van der Waals surface area contributed by atoms with Gasteiger partial charge in [-0.15, -0.1) is 0 Å². The summed E-state index contributed by atoms with van der Waals surface area (Å²) in [7, 11) is 0. The lowest BCUT2D eigenvalue weighted by atomic mass is 9.95. The maximum Gasteiger partial charge on any atom is 0.402 e. The van der Waals surface area contributed by atoms with Gasteiger partial charge in [0, 0.05) is 0 Å². The van der Waals surface area contributed by atoms with E-state index in [0.29, 0.717) is 0 Å². The largest absolute Gasteiger partial charge is 0.402 e. The fourth-order valence-corrected chi connectivity index (χ4v) is 1.30. The molecule has 1 aromatic carbocycles. The molecule has 1 atom stereocenters. The molecule has 1 aromatic rings. The predicted molar refractivity (Wildman–Crippen MR) is 45.9 cm³/mol. The van der Waals surface area contributed by atoms with Crippen molar-refractivity contribution in [1.29, 1.82) is 0 Å². The van der Waals surface area contributed by atoms with E-state index < -0.39 is 17.9 Å². The molecule has 0 radical (unpaired) electrons. The van der Waals surface area contributed by atoms with E-state index >= 15 is 0 Å². The van der Waals surface area contributed by atoms with Crippen molar-refractivity contribution < 1.29 is 18.0 Å². The fourth-order valence-electron chi connectivity index (χ4n) is 1.30. The highest BCUT2D eigenvalue weighted by molar-refractivity contribution is 5.84. The predicted octanol–water partition coefficient (Wildman–Crippen LogP) is 2.92. The second kappa shape index (κ2) is 3.82. The summed E-state index contributed by atoms with van der Waals surface area (Å²) in [4.78, 5) is 10.9. The van der Waals surface area contributed by atoms with E-state index in [-0.39, 0.29) is 5.56 Å². The van der Waals surface area contributed by atoms with Crippen molar-refractivity contribution in [2.45, 2.75) is 19.0 Å². The van der Waals surface area contributed by atoms with Crippen LogP contribution in [0.2, 0.25) is 0 Å².